The van der Waals surface area contributed by atoms with Gasteiger partial charge in [0.25, 0.3) is 11.1 Å². The largest absolute Gasteiger partial charge is 0.458 e. The SMILES string of the molecule is CC(=O)OC1COC(C(=O)Nc2c3c(nc4ccccc24)CCCC3)C(OC(C)=O)C1OC(C)=O.CC(=O)OC1OC(C(=O)Cl)C(C)C(OC(C)=O)C1OC(C)=O.Nc1c2c(nc3ccccc13)CCCC2. The summed E-state index contributed by atoms with van der Waals surface area (Å²) in [5, 5.41) is 4.02. The predicted octanol–water partition coefficient (Wildman–Crippen LogP) is 5.48. The van der Waals surface area contributed by atoms with Gasteiger partial charge in [0.1, 0.15) is 6.10 Å². The lowest BCUT2D eigenvalue weighted by Gasteiger charge is -2.42. The van der Waals surface area contributed by atoms with Crippen LogP contribution in [0.15, 0.2) is 48.5 Å². The van der Waals surface area contributed by atoms with Crippen LogP contribution < -0.4 is 11.1 Å². The number of hydrogen-bond donors (Lipinski definition) is 2. The second-order valence-corrected chi connectivity index (χ2v) is 18.1. The topological polar surface area (TPSA) is 274 Å². The zero-order chi connectivity index (χ0) is 52.4. The van der Waals surface area contributed by atoms with Crippen molar-refractivity contribution in [2.24, 2.45) is 5.92 Å². The maximum atomic E-state index is 13.6. The lowest BCUT2D eigenvalue weighted by Crippen LogP contribution is -2.60. The Labute approximate surface area is 420 Å². The number of nitrogens with one attached hydrogen (secondary N) is 1. The van der Waals surface area contributed by atoms with Gasteiger partial charge in [-0.1, -0.05) is 43.3 Å². The van der Waals surface area contributed by atoms with Gasteiger partial charge >= 0.3 is 35.8 Å². The molecular formula is C51H59ClN4O16. The van der Waals surface area contributed by atoms with Crippen LogP contribution in [0.1, 0.15) is 96.7 Å². The molecule has 386 valence electrons. The smallest absolute Gasteiger partial charge is 0.305 e. The van der Waals surface area contributed by atoms with Crippen LogP contribution in [0.2, 0.25) is 0 Å². The number of hydrogen-bond acceptors (Lipinski definition) is 19. The zero-order valence-corrected chi connectivity index (χ0v) is 41.8. The van der Waals surface area contributed by atoms with Gasteiger partial charge in [0, 0.05) is 75.3 Å². The Hall–Kier alpha value is -6.77. The molecule has 2 saturated heterocycles. The maximum Gasteiger partial charge on any atom is 0.305 e. The normalized spacial score (nSPS) is 24.1. The Morgan fingerprint density at radius 2 is 1.06 bits per heavy atom. The maximum absolute atomic E-state index is 13.6. The summed E-state index contributed by atoms with van der Waals surface area (Å²) in [4.78, 5) is 103. The quantitative estimate of drug-likeness (QED) is 0.119. The summed E-state index contributed by atoms with van der Waals surface area (Å²) in [5.41, 5.74) is 14.0. The second-order valence-electron chi connectivity index (χ2n) is 17.7. The molecule has 0 radical (unpaired) electrons. The summed E-state index contributed by atoms with van der Waals surface area (Å²) in [7, 11) is 0. The molecule has 4 aliphatic rings. The van der Waals surface area contributed by atoms with Gasteiger partial charge in [-0.15, -0.1) is 0 Å². The van der Waals surface area contributed by atoms with Crippen LogP contribution in [-0.4, -0.2) is 113 Å². The monoisotopic (exact) mass is 1020 g/mol. The standard InChI is InChI=1S/C25H28N2O8.C13H17ClO8.C13H14N2/c1-13(28)33-20-12-32-24(23(35-15(3)30)22(20)34-14(2)29)25(31)27-21-16-8-4-6-10-18(16)26-19-11-7-5-9-17(19)21;1-5-9(19-6(2)15)11(20-7(3)16)13(21-8(4)17)22-10(5)12(14)18;14-13-9-5-1-3-7-11(9)15-12-8-4-2-6-10(12)13/h4,6,8,10,20,22-24H,5,7,9,11-12H2,1-3H3,(H,26,27,31);5,9-11,13H,1-4H3;1,3,5,7H,2,4,6,8H2,(H2,14,15). The number of esters is 6. The highest BCUT2D eigenvalue weighted by Gasteiger charge is 2.52. The van der Waals surface area contributed by atoms with E-state index in [1.807, 2.05) is 42.5 Å². The molecule has 4 heterocycles. The average Bonchev–Trinajstić information content (AvgIpc) is 3.31. The highest BCUT2D eigenvalue weighted by Crippen LogP contribution is 2.36. The first kappa shape index (κ1) is 54.6. The fourth-order valence-corrected chi connectivity index (χ4v) is 9.51. The van der Waals surface area contributed by atoms with Crippen molar-refractivity contribution in [3.63, 3.8) is 0 Å². The number of aryl methyl sites for hydroxylation is 2. The molecule has 3 N–H and O–H groups in total. The minimum Gasteiger partial charge on any atom is -0.458 e. The number of nitrogen functional groups attached to an aromatic ring is 1. The van der Waals surface area contributed by atoms with Crippen molar-refractivity contribution < 1.29 is 76.3 Å². The highest BCUT2D eigenvalue weighted by molar-refractivity contribution is 6.64. The number of fused-ring (bicyclic) bond motifs is 4. The lowest BCUT2D eigenvalue weighted by atomic mass is 9.90. The van der Waals surface area contributed by atoms with Crippen molar-refractivity contribution in [1.29, 1.82) is 0 Å². The Morgan fingerprint density at radius 1 is 0.583 bits per heavy atom. The summed E-state index contributed by atoms with van der Waals surface area (Å²) in [6.07, 6.45) is -1.45. The van der Waals surface area contributed by atoms with Gasteiger partial charge in [-0.2, -0.15) is 0 Å². The van der Waals surface area contributed by atoms with E-state index in [0.29, 0.717) is 5.69 Å². The number of carbonyl (C=O) groups is 8. The van der Waals surface area contributed by atoms with Crippen LogP contribution in [0.5, 0.6) is 0 Å². The third-order valence-electron chi connectivity index (χ3n) is 12.2. The van der Waals surface area contributed by atoms with Crippen molar-refractivity contribution in [3.05, 3.63) is 71.0 Å². The number of halogens is 1. The first-order valence-corrected chi connectivity index (χ1v) is 24.0. The summed E-state index contributed by atoms with van der Waals surface area (Å²) < 4.78 is 42.0. The van der Waals surface area contributed by atoms with E-state index < -0.39 is 102 Å². The Morgan fingerprint density at radius 3 is 1.62 bits per heavy atom. The van der Waals surface area contributed by atoms with Crippen molar-refractivity contribution >= 4 is 91.7 Å². The number of aromatic nitrogens is 2. The molecule has 21 heteroatoms. The Balaban J connectivity index is 0.000000194. The number of ether oxygens (including phenoxy) is 8. The van der Waals surface area contributed by atoms with Crippen LogP contribution in [0.25, 0.3) is 21.8 Å². The number of pyridine rings is 2. The van der Waals surface area contributed by atoms with E-state index in [0.717, 1.165) is 98.0 Å². The summed E-state index contributed by atoms with van der Waals surface area (Å²) >= 11 is 5.46. The molecule has 0 spiro atoms. The molecular weight excluding hydrogens is 960 g/mol. The van der Waals surface area contributed by atoms with Gasteiger partial charge in [-0.3, -0.25) is 48.3 Å². The fraction of sp³-hybridized carbons (Fsp3) is 0.490. The molecule has 2 aliphatic heterocycles. The van der Waals surface area contributed by atoms with E-state index in [9.17, 15) is 38.4 Å². The van der Waals surface area contributed by atoms with Crippen LogP contribution in [-0.2, 0) is 102 Å². The molecule has 9 atom stereocenters. The number of anilines is 2. The van der Waals surface area contributed by atoms with Crippen molar-refractivity contribution in [2.45, 2.75) is 149 Å². The van der Waals surface area contributed by atoms with E-state index >= 15 is 0 Å². The summed E-state index contributed by atoms with van der Waals surface area (Å²) in [6, 6.07) is 15.7. The van der Waals surface area contributed by atoms with E-state index in [1.165, 1.54) is 44.9 Å². The molecule has 0 bridgehead atoms. The molecule has 4 aromatic rings. The van der Waals surface area contributed by atoms with Crippen molar-refractivity contribution in [3.8, 4) is 0 Å². The first-order chi connectivity index (χ1) is 34.2. The minimum absolute atomic E-state index is 0.220. The van der Waals surface area contributed by atoms with E-state index in [2.05, 4.69) is 11.4 Å². The average molecular weight is 1020 g/mol. The number of rotatable bonds is 9. The van der Waals surface area contributed by atoms with Gasteiger partial charge in [-0.25, -0.2) is 0 Å². The van der Waals surface area contributed by atoms with E-state index in [1.54, 1.807) is 6.92 Å². The first-order valence-electron chi connectivity index (χ1n) is 23.6. The summed E-state index contributed by atoms with van der Waals surface area (Å²) in [6.45, 7) is 8.27. The van der Waals surface area contributed by atoms with Crippen LogP contribution in [0, 0.1) is 5.92 Å². The zero-order valence-electron chi connectivity index (χ0n) is 41.1. The Kier molecular flexibility index (Phi) is 18.6. The molecule has 8 rings (SSSR count). The third-order valence-corrected chi connectivity index (χ3v) is 12.4. The van der Waals surface area contributed by atoms with Crippen LogP contribution >= 0.6 is 11.6 Å². The number of amides is 1. The Bertz CT molecular complexity index is 2700. The number of nitrogens with zero attached hydrogens (tertiary/aromatic N) is 2. The van der Waals surface area contributed by atoms with Gasteiger partial charge < -0.3 is 48.9 Å². The second kappa shape index (κ2) is 24.6. The number of benzene rings is 2. The number of nitrogens with two attached hydrogens (primary N) is 1. The molecule has 2 aromatic heterocycles. The predicted molar refractivity (Wildman–Crippen MR) is 258 cm³/mol. The fourth-order valence-electron chi connectivity index (χ4n) is 9.26. The van der Waals surface area contributed by atoms with Crippen molar-refractivity contribution in [2.75, 3.05) is 17.7 Å². The van der Waals surface area contributed by atoms with Gasteiger partial charge in [0.05, 0.1) is 23.3 Å². The molecule has 2 fully saturated rings. The van der Waals surface area contributed by atoms with Crippen molar-refractivity contribution in [1.82, 2.24) is 9.97 Å². The molecule has 2 aromatic carbocycles. The summed E-state index contributed by atoms with van der Waals surface area (Å²) in [5.74, 6) is -5.36. The van der Waals surface area contributed by atoms with Gasteiger partial charge in [0.2, 0.25) is 12.4 Å². The molecule has 9 unspecified atom stereocenters. The van der Waals surface area contributed by atoms with Gasteiger partial charge in [0.15, 0.2) is 30.5 Å². The molecule has 0 saturated carbocycles. The van der Waals surface area contributed by atoms with Crippen LogP contribution in [0.4, 0.5) is 11.4 Å². The molecule has 1 amide bonds. The molecule has 20 nitrogen and oxygen atoms in total. The molecule has 72 heavy (non-hydrogen) atoms. The van der Waals surface area contributed by atoms with Gasteiger partial charge in [-0.05, 0) is 86.2 Å². The van der Waals surface area contributed by atoms with Crippen LogP contribution in [0.3, 0.4) is 0 Å². The lowest BCUT2D eigenvalue weighted by molar-refractivity contribution is -0.275. The molecule has 2 aliphatic carbocycles. The van der Waals surface area contributed by atoms with E-state index in [4.69, 9.17) is 65.2 Å². The third kappa shape index (κ3) is 13.6. The number of carbonyl (C=O) groups excluding carboxylic acids is 8. The highest BCUT2D eigenvalue weighted by atomic mass is 35.5. The minimum atomic E-state index is -1.41. The number of para-hydroxylation sites is 2. The van der Waals surface area contributed by atoms with E-state index in [-0.39, 0.29) is 6.61 Å².